The van der Waals surface area contributed by atoms with E-state index in [1.165, 1.54) is 18.4 Å². The molecule has 0 radical (unpaired) electrons. The van der Waals surface area contributed by atoms with Gasteiger partial charge in [0.15, 0.2) is 0 Å². The molecule has 0 spiro atoms. The Morgan fingerprint density at radius 3 is 2.38 bits per heavy atom. The molecule has 2 aliphatic heterocycles. The normalized spacial score (nSPS) is 23.3. The van der Waals surface area contributed by atoms with E-state index in [2.05, 4.69) is 23.1 Å². The van der Waals surface area contributed by atoms with Gasteiger partial charge in [0, 0.05) is 13.6 Å². The van der Waals surface area contributed by atoms with Crippen LogP contribution in [0, 0.1) is 0 Å². The molecule has 1 fully saturated rings. The van der Waals surface area contributed by atoms with Gasteiger partial charge >= 0.3 is 0 Å². The Balaban J connectivity index is 1.76. The maximum Gasteiger partial charge on any atom is 0.234 e. The van der Waals surface area contributed by atoms with Gasteiger partial charge in [-0.1, -0.05) is 53.5 Å². The van der Waals surface area contributed by atoms with Crippen molar-refractivity contribution in [2.45, 2.75) is 24.8 Å². The molecule has 5 heteroatoms. The van der Waals surface area contributed by atoms with Crippen LogP contribution in [0.1, 0.15) is 41.5 Å². The molecule has 0 bridgehead atoms. The van der Waals surface area contributed by atoms with Crippen LogP contribution in [-0.2, 0) is 4.79 Å². The average molecular weight is 389 g/mol. The molecule has 2 aromatic rings. The summed E-state index contributed by atoms with van der Waals surface area (Å²) >= 11 is 12.3. The van der Waals surface area contributed by atoms with Crippen LogP contribution in [-0.4, -0.2) is 42.4 Å². The van der Waals surface area contributed by atoms with E-state index in [-0.39, 0.29) is 17.9 Å². The van der Waals surface area contributed by atoms with Crippen LogP contribution in [0.4, 0.5) is 0 Å². The van der Waals surface area contributed by atoms with Gasteiger partial charge in [0.2, 0.25) is 5.91 Å². The fraction of sp³-hybridized carbons (Fsp3) is 0.381. The van der Waals surface area contributed by atoms with E-state index < -0.39 is 0 Å². The molecular formula is C21H22Cl2N2O. The van der Waals surface area contributed by atoms with Crippen molar-refractivity contribution in [3.63, 3.8) is 0 Å². The second-order valence-corrected chi connectivity index (χ2v) is 8.02. The summed E-state index contributed by atoms with van der Waals surface area (Å²) in [5, 5.41) is 0.989. The molecule has 2 heterocycles. The lowest BCUT2D eigenvalue weighted by molar-refractivity contribution is -0.134. The largest absolute Gasteiger partial charge is 0.337 e. The highest BCUT2D eigenvalue weighted by Gasteiger charge is 2.39. The van der Waals surface area contributed by atoms with E-state index in [0.717, 1.165) is 30.8 Å². The molecule has 0 aliphatic carbocycles. The zero-order valence-corrected chi connectivity index (χ0v) is 16.3. The number of fused-ring (bicyclic) bond motifs is 1. The minimum Gasteiger partial charge on any atom is -0.337 e. The van der Waals surface area contributed by atoms with E-state index in [4.69, 9.17) is 23.2 Å². The van der Waals surface area contributed by atoms with E-state index >= 15 is 0 Å². The van der Waals surface area contributed by atoms with Crippen molar-refractivity contribution >= 4 is 29.1 Å². The van der Waals surface area contributed by atoms with Crippen molar-refractivity contribution < 1.29 is 4.79 Å². The van der Waals surface area contributed by atoms with Crippen LogP contribution in [0.15, 0.2) is 42.5 Å². The summed E-state index contributed by atoms with van der Waals surface area (Å²) in [6, 6.07) is 13.9. The van der Waals surface area contributed by atoms with Gasteiger partial charge in [0.05, 0.1) is 22.0 Å². The average Bonchev–Trinajstić information content (AvgIpc) is 3.15. The molecule has 0 saturated carbocycles. The topological polar surface area (TPSA) is 23.6 Å². The molecule has 1 saturated heterocycles. The van der Waals surface area contributed by atoms with E-state index in [0.29, 0.717) is 10.0 Å². The number of benzene rings is 2. The number of halogens is 2. The number of likely N-dealkylation sites (N-methyl/N-ethyl adjacent to an activating group) is 1. The van der Waals surface area contributed by atoms with Gasteiger partial charge in [-0.15, -0.1) is 0 Å². The first-order valence-electron chi connectivity index (χ1n) is 9.09. The highest BCUT2D eigenvalue weighted by molar-refractivity contribution is 6.42. The molecule has 0 N–H and O–H groups in total. The predicted molar refractivity (Wildman–Crippen MR) is 106 cm³/mol. The molecule has 2 aromatic carbocycles. The Morgan fingerprint density at radius 2 is 1.69 bits per heavy atom. The molecule has 136 valence electrons. The lowest BCUT2D eigenvalue weighted by atomic mass is 9.81. The number of hydrogen-bond donors (Lipinski definition) is 0. The van der Waals surface area contributed by atoms with Gasteiger partial charge in [0.25, 0.3) is 0 Å². The summed E-state index contributed by atoms with van der Waals surface area (Å²) < 4.78 is 0. The Hall–Kier alpha value is -1.55. The SMILES string of the molecule is CN1C(=O)[C@@H](c2ccc(Cl)c(Cl)c2)c2ccccc2[C@H]1CN1CCCC1. The Kier molecular flexibility index (Phi) is 4.96. The monoisotopic (exact) mass is 388 g/mol. The Morgan fingerprint density at radius 1 is 1.00 bits per heavy atom. The zero-order chi connectivity index (χ0) is 18.3. The molecule has 26 heavy (non-hydrogen) atoms. The summed E-state index contributed by atoms with van der Waals surface area (Å²) in [7, 11) is 1.92. The molecule has 2 aliphatic rings. The molecule has 4 rings (SSSR count). The molecule has 2 atom stereocenters. The fourth-order valence-corrected chi connectivity index (χ4v) is 4.53. The number of carbonyl (C=O) groups excluding carboxylic acids is 1. The van der Waals surface area contributed by atoms with E-state index in [1.807, 2.05) is 30.1 Å². The Bertz CT molecular complexity index is 833. The maximum absolute atomic E-state index is 13.3. The molecule has 0 aromatic heterocycles. The Labute approximate surface area is 164 Å². The maximum atomic E-state index is 13.3. The highest BCUT2D eigenvalue weighted by Crippen LogP contribution is 2.41. The summed E-state index contributed by atoms with van der Waals surface area (Å²) in [6.45, 7) is 3.14. The van der Waals surface area contributed by atoms with Crippen LogP contribution in [0.5, 0.6) is 0 Å². The number of nitrogens with zero attached hydrogens (tertiary/aromatic N) is 2. The van der Waals surface area contributed by atoms with E-state index in [1.54, 1.807) is 6.07 Å². The molecule has 1 amide bonds. The van der Waals surface area contributed by atoms with Crippen LogP contribution < -0.4 is 0 Å². The van der Waals surface area contributed by atoms with Crippen molar-refractivity contribution in [1.82, 2.24) is 9.80 Å². The lowest BCUT2D eigenvalue weighted by Gasteiger charge is -2.40. The number of likely N-dealkylation sites (tertiary alicyclic amines) is 1. The minimum absolute atomic E-state index is 0.0934. The minimum atomic E-state index is -0.333. The van der Waals surface area contributed by atoms with Gasteiger partial charge in [-0.25, -0.2) is 0 Å². The smallest absolute Gasteiger partial charge is 0.234 e. The van der Waals surface area contributed by atoms with E-state index in [9.17, 15) is 4.79 Å². The van der Waals surface area contributed by atoms with Gasteiger partial charge < -0.3 is 9.80 Å². The van der Waals surface area contributed by atoms with Crippen LogP contribution >= 0.6 is 23.2 Å². The van der Waals surface area contributed by atoms with Gasteiger partial charge in [-0.2, -0.15) is 0 Å². The van der Waals surface area contributed by atoms with Crippen molar-refractivity contribution in [2.75, 3.05) is 26.7 Å². The molecule has 3 nitrogen and oxygen atoms in total. The number of amides is 1. The lowest BCUT2D eigenvalue weighted by Crippen LogP contribution is -2.45. The third-order valence-electron chi connectivity index (χ3n) is 5.63. The van der Waals surface area contributed by atoms with Crippen LogP contribution in [0.25, 0.3) is 0 Å². The highest BCUT2D eigenvalue weighted by atomic mass is 35.5. The van der Waals surface area contributed by atoms with Gasteiger partial charge in [-0.3, -0.25) is 4.79 Å². The summed E-state index contributed by atoms with van der Waals surface area (Å²) in [4.78, 5) is 17.7. The van der Waals surface area contributed by atoms with Crippen molar-refractivity contribution in [1.29, 1.82) is 0 Å². The van der Waals surface area contributed by atoms with Gasteiger partial charge in [-0.05, 0) is 54.8 Å². The first-order valence-corrected chi connectivity index (χ1v) is 9.84. The van der Waals surface area contributed by atoms with Crippen molar-refractivity contribution in [2.24, 2.45) is 0 Å². The molecule has 0 unspecified atom stereocenters. The standard InChI is InChI=1S/C21H22Cl2N2O/c1-24-19(13-25-10-4-5-11-25)15-6-2-3-7-16(15)20(21(24)26)14-8-9-17(22)18(23)12-14/h2-3,6-9,12,19-20H,4-5,10-11,13H2,1H3/t19-,20+/m1/s1. The quantitative estimate of drug-likeness (QED) is 0.758. The zero-order valence-electron chi connectivity index (χ0n) is 14.8. The second kappa shape index (κ2) is 7.22. The number of carbonyl (C=O) groups is 1. The predicted octanol–water partition coefficient (Wildman–Crippen LogP) is 4.73. The van der Waals surface area contributed by atoms with Gasteiger partial charge in [0.1, 0.15) is 0 Å². The van der Waals surface area contributed by atoms with Crippen molar-refractivity contribution in [3.8, 4) is 0 Å². The summed E-state index contributed by atoms with van der Waals surface area (Å²) in [6.07, 6.45) is 2.50. The van der Waals surface area contributed by atoms with Crippen LogP contribution in [0.2, 0.25) is 10.0 Å². The molecular weight excluding hydrogens is 367 g/mol. The second-order valence-electron chi connectivity index (χ2n) is 7.21. The number of hydrogen-bond acceptors (Lipinski definition) is 2. The fourth-order valence-electron chi connectivity index (χ4n) is 4.22. The van der Waals surface area contributed by atoms with Crippen LogP contribution in [0.3, 0.4) is 0 Å². The number of rotatable bonds is 3. The first-order chi connectivity index (χ1) is 12.6. The van der Waals surface area contributed by atoms with Crippen molar-refractivity contribution in [3.05, 3.63) is 69.2 Å². The summed E-state index contributed by atoms with van der Waals surface area (Å²) in [5.41, 5.74) is 3.21. The third-order valence-corrected chi connectivity index (χ3v) is 6.37. The summed E-state index contributed by atoms with van der Waals surface area (Å²) in [5.74, 6) is -0.216. The third kappa shape index (κ3) is 3.13. The first kappa shape index (κ1) is 17.8.